The van der Waals surface area contributed by atoms with Gasteiger partial charge in [-0.3, -0.25) is 19.9 Å². The Morgan fingerprint density at radius 1 is 1.33 bits per heavy atom. The zero-order valence-corrected chi connectivity index (χ0v) is 11.8. The number of fused-ring (bicyclic) bond motifs is 1. The molecule has 0 unspecified atom stereocenters. The number of nitrogens with one attached hydrogen (secondary N) is 2. The molecule has 110 valence electrons. The first-order valence-corrected chi connectivity index (χ1v) is 7.59. The SMILES string of the molecule is O=C(Nc1n[nH]c(C2CCC2)n1)c1cnn2c1CCCC2. The minimum absolute atomic E-state index is 0.169. The summed E-state index contributed by atoms with van der Waals surface area (Å²) in [6, 6.07) is 0. The molecule has 21 heavy (non-hydrogen) atoms. The summed E-state index contributed by atoms with van der Waals surface area (Å²) in [6.45, 7) is 0.898. The van der Waals surface area contributed by atoms with E-state index >= 15 is 0 Å². The highest BCUT2D eigenvalue weighted by Gasteiger charge is 2.24. The molecule has 2 aromatic heterocycles. The number of rotatable bonds is 3. The van der Waals surface area contributed by atoms with Crippen LogP contribution in [0.25, 0.3) is 0 Å². The van der Waals surface area contributed by atoms with E-state index in [1.807, 2.05) is 4.68 Å². The molecule has 7 nitrogen and oxygen atoms in total. The van der Waals surface area contributed by atoms with Gasteiger partial charge >= 0.3 is 0 Å². The van der Waals surface area contributed by atoms with Crippen LogP contribution < -0.4 is 5.32 Å². The predicted molar refractivity (Wildman–Crippen MR) is 76.1 cm³/mol. The average molecular weight is 286 g/mol. The third-order valence-corrected chi connectivity index (χ3v) is 4.45. The third-order valence-electron chi connectivity index (χ3n) is 4.45. The number of carbonyl (C=O) groups is 1. The number of H-pyrrole nitrogens is 1. The van der Waals surface area contributed by atoms with Crippen LogP contribution in [0.4, 0.5) is 5.95 Å². The molecule has 4 rings (SSSR count). The van der Waals surface area contributed by atoms with Crippen LogP contribution in [0.3, 0.4) is 0 Å². The van der Waals surface area contributed by atoms with Crippen molar-refractivity contribution in [1.29, 1.82) is 0 Å². The Labute approximate surface area is 122 Å². The number of anilines is 1. The Kier molecular flexibility index (Phi) is 2.98. The van der Waals surface area contributed by atoms with Crippen molar-refractivity contribution in [3.05, 3.63) is 23.3 Å². The van der Waals surface area contributed by atoms with Crippen LogP contribution in [-0.4, -0.2) is 30.9 Å². The van der Waals surface area contributed by atoms with Gasteiger partial charge in [0.25, 0.3) is 5.91 Å². The topological polar surface area (TPSA) is 88.5 Å². The molecular weight excluding hydrogens is 268 g/mol. The second kappa shape index (κ2) is 4.98. The van der Waals surface area contributed by atoms with Gasteiger partial charge in [-0.05, 0) is 32.1 Å². The number of nitrogens with zero attached hydrogens (tertiary/aromatic N) is 4. The lowest BCUT2D eigenvalue weighted by Gasteiger charge is -2.22. The summed E-state index contributed by atoms with van der Waals surface area (Å²) in [7, 11) is 0. The van der Waals surface area contributed by atoms with Crippen LogP contribution in [0.1, 0.15) is 59.9 Å². The number of amides is 1. The van der Waals surface area contributed by atoms with Gasteiger partial charge in [-0.25, -0.2) is 0 Å². The highest BCUT2D eigenvalue weighted by Crippen LogP contribution is 2.34. The van der Waals surface area contributed by atoms with E-state index in [-0.39, 0.29) is 5.91 Å². The molecular formula is C14H18N6O. The molecule has 7 heteroatoms. The highest BCUT2D eigenvalue weighted by atomic mass is 16.1. The van der Waals surface area contributed by atoms with Gasteiger partial charge in [0.2, 0.25) is 5.95 Å². The number of aromatic nitrogens is 5. The maximum Gasteiger partial charge on any atom is 0.261 e. The van der Waals surface area contributed by atoms with Gasteiger partial charge in [-0.1, -0.05) is 6.42 Å². The van der Waals surface area contributed by atoms with Crippen molar-refractivity contribution in [3.63, 3.8) is 0 Å². The number of hydrogen-bond acceptors (Lipinski definition) is 4. The summed E-state index contributed by atoms with van der Waals surface area (Å²) in [5, 5.41) is 14.1. The summed E-state index contributed by atoms with van der Waals surface area (Å²) in [4.78, 5) is 16.7. The van der Waals surface area contributed by atoms with E-state index in [0.717, 1.165) is 50.2 Å². The van der Waals surface area contributed by atoms with Gasteiger partial charge in [-0.15, -0.1) is 5.10 Å². The van der Waals surface area contributed by atoms with Gasteiger partial charge in [0, 0.05) is 12.5 Å². The monoisotopic (exact) mass is 286 g/mol. The Hall–Kier alpha value is -2.18. The molecule has 0 spiro atoms. The number of aromatic amines is 1. The van der Waals surface area contributed by atoms with Crippen LogP contribution in [0.15, 0.2) is 6.20 Å². The molecule has 1 aliphatic carbocycles. The summed E-state index contributed by atoms with van der Waals surface area (Å²) < 4.78 is 1.93. The summed E-state index contributed by atoms with van der Waals surface area (Å²) in [5.41, 5.74) is 1.66. The molecule has 2 N–H and O–H groups in total. The summed E-state index contributed by atoms with van der Waals surface area (Å²) >= 11 is 0. The Bertz CT molecular complexity index is 669. The van der Waals surface area contributed by atoms with Crippen molar-refractivity contribution in [2.24, 2.45) is 0 Å². The molecule has 0 saturated heterocycles. The van der Waals surface area contributed by atoms with E-state index in [0.29, 0.717) is 17.4 Å². The first kappa shape index (κ1) is 12.6. The number of carbonyl (C=O) groups excluding carboxylic acids is 1. The van der Waals surface area contributed by atoms with E-state index in [1.165, 1.54) is 6.42 Å². The molecule has 1 saturated carbocycles. The van der Waals surface area contributed by atoms with Crippen molar-refractivity contribution in [3.8, 4) is 0 Å². The zero-order valence-electron chi connectivity index (χ0n) is 11.8. The minimum atomic E-state index is -0.169. The summed E-state index contributed by atoms with van der Waals surface area (Å²) in [5.74, 6) is 1.55. The fourth-order valence-electron chi connectivity index (χ4n) is 2.97. The smallest absolute Gasteiger partial charge is 0.261 e. The van der Waals surface area contributed by atoms with E-state index in [4.69, 9.17) is 0 Å². The Morgan fingerprint density at radius 3 is 3.05 bits per heavy atom. The largest absolute Gasteiger partial charge is 0.289 e. The first-order valence-electron chi connectivity index (χ1n) is 7.59. The van der Waals surface area contributed by atoms with E-state index in [1.54, 1.807) is 6.20 Å². The van der Waals surface area contributed by atoms with Crippen LogP contribution in [0.2, 0.25) is 0 Å². The van der Waals surface area contributed by atoms with E-state index < -0.39 is 0 Å². The van der Waals surface area contributed by atoms with Gasteiger partial charge < -0.3 is 0 Å². The lowest BCUT2D eigenvalue weighted by Crippen LogP contribution is -2.18. The molecule has 1 aliphatic heterocycles. The molecule has 2 aromatic rings. The maximum atomic E-state index is 12.4. The molecule has 1 fully saturated rings. The second-order valence-corrected chi connectivity index (χ2v) is 5.81. The van der Waals surface area contributed by atoms with Crippen molar-refractivity contribution >= 4 is 11.9 Å². The van der Waals surface area contributed by atoms with Crippen LogP contribution in [0.5, 0.6) is 0 Å². The molecule has 0 radical (unpaired) electrons. The zero-order chi connectivity index (χ0) is 14.2. The Morgan fingerprint density at radius 2 is 2.24 bits per heavy atom. The minimum Gasteiger partial charge on any atom is -0.289 e. The Balaban J connectivity index is 1.50. The quantitative estimate of drug-likeness (QED) is 0.901. The van der Waals surface area contributed by atoms with Crippen molar-refractivity contribution in [2.45, 2.75) is 51.0 Å². The van der Waals surface area contributed by atoms with Crippen molar-refractivity contribution in [1.82, 2.24) is 25.0 Å². The van der Waals surface area contributed by atoms with Crippen LogP contribution >= 0.6 is 0 Å². The fraction of sp³-hybridized carbons (Fsp3) is 0.571. The molecule has 1 amide bonds. The fourth-order valence-corrected chi connectivity index (χ4v) is 2.97. The highest BCUT2D eigenvalue weighted by molar-refractivity contribution is 6.04. The molecule has 3 heterocycles. The van der Waals surface area contributed by atoms with Gasteiger partial charge in [0.05, 0.1) is 17.5 Å². The number of aryl methyl sites for hydroxylation is 1. The van der Waals surface area contributed by atoms with Crippen molar-refractivity contribution in [2.75, 3.05) is 5.32 Å². The second-order valence-electron chi connectivity index (χ2n) is 5.81. The van der Waals surface area contributed by atoms with E-state index in [9.17, 15) is 4.79 Å². The molecule has 0 bridgehead atoms. The predicted octanol–water partition coefficient (Wildman–Crippen LogP) is 1.86. The average Bonchev–Trinajstić information content (AvgIpc) is 3.03. The van der Waals surface area contributed by atoms with Crippen LogP contribution in [-0.2, 0) is 13.0 Å². The molecule has 0 aromatic carbocycles. The first-order chi connectivity index (χ1) is 10.3. The van der Waals surface area contributed by atoms with Gasteiger partial charge in [0.1, 0.15) is 5.82 Å². The normalized spacial score (nSPS) is 18.1. The van der Waals surface area contributed by atoms with E-state index in [2.05, 4.69) is 25.6 Å². The van der Waals surface area contributed by atoms with Crippen molar-refractivity contribution < 1.29 is 4.79 Å². The lowest BCUT2D eigenvalue weighted by atomic mass is 9.85. The lowest BCUT2D eigenvalue weighted by molar-refractivity contribution is 0.102. The number of hydrogen-bond donors (Lipinski definition) is 2. The van der Waals surface area contributed by atoms with Gasteiger partial charge in [0.15, 0.2) is 0 Å². The van der Waals surface area contributed by atoms with Gasteiger partial charge in [-0.2, -0.15) is 10.1 Å². The van der Waals surface area contributed by atoms with Crippen LogP contribution in [0, 0.1) is 0 Å². The molecule has 2 aliphatic rings. The summed E-state index contributed by atoms with van der Waals surface area (Å²) in [6.07, 6.45) is 8.34. The third kappa shape index (κ3) is 2.22. The maximum absolute atomic E-state index is 12.4. The molecule has 0 atom stereocenters. The standard InChI is InChI=1S/C14H18N6O/c21-13(10-8-15-20-7-2-1-6-11(10)20)17-14-16-12(18-19-14)9-4-3-5-9/h8-9H,1-7H2,(H2,16,17,18,19,21).